The van der Waals surface area contributed by atoms with E-state index >= 15 is 0 Å². The van der Waals surface area contributed by atoms with Crippen LogP contribution >= 0.6 is 0 Å². The van der Waals surface area contributed by atoms with Crippen molar-refractivity contribution in [2.24, 2.45) is 0 Å². The molecule has 0 spiro atoms. The van der Waals surface area contributed by atoms with Gasteiger partial charge < -0.3 is 10.2 Å². The van der Waals surface area contributed by atoms with Crippen LogP contribution in [-0.4, -0.2) is 43.8 Å². The summed E-state index contributed by atoms with van der Waals surface area (Å²) in [7, 11) is -4.08. The molecule has 1 N–H and O–H groups in total. The summed E-state index contributed by atoms with van der Waals surface area (Å²) in [5.41, 5.74) is 4.32. The summed E-state index contributed by atoms with van der Waals surface area (Å²) in [6.45, 7) is 7.53. The number of amides is 2. The van der Waals surface area contributed by atoms with E-state index in [2.05, 4.69) is 5.32 Å². The highest BCUT2D eigenvalue weighted by Crippen LogP contribution is 2.27. The van der Waals surface area contributed by atoms with Crippen molar-refractivity contribution in [3.63, 3.8) is 0 Å². The van der Waals surface area contributed by atoms with Gasteiger partial charge in [0.25, 0.3) is 10.0 Å². The van der Waals surface area contributed by atoms with Gasteiger partial charge in [0.15, 0.2) is 0 Å². The largest absolute Gasteiger partial charge is 0.352 e. The summed E-state index contributed by atoms with van der Waals surface area (Å²) < 4.78 is 29.2. The Kier molecular flexibility index (Phi) is 10.4. The Bertz CT molecular complexity index is 1470. The minimum atomic E-state index is -4.08. The van der Waals surface area contributed by atoms with Gasteiger partial charge in [0.05, 0.1) is 10.6 Å². The van der Waals surface area contributed by atoms with Crippen LogP contribution < -0.4 is 9.62 Å². The molecule has 0 aliphatic heterocycles. The number of hydrogen-bond donors (Lipinski definition) is 1. The van der Waals surface area contributed by atoms with Gasteiger partial charge in [-0.2, -0.15) is 0 Å². The maximum Gasteiger partial charge on any atom is 0.264 e. The minimum absolute atomic E-state index is 0.0992. The van der Waals surface area contributed by atoms with Crippen molar-refractivity contribution in [3.05, 3.63) is 95.1 Å². The predicted molar refractivity (Wildman–Crippen MR) is 168 cm³/mol. The van der Waals surface area contributed by atoms with E-state index in [1.807, 2.05) is 58.0 Å². The number of carbonyl (C=O) groups excluding carboxylic acids is 2. The maximum atomic E-state index is 14.3. The Balaban J connectivity index is 1.71. The van der Waals surface area contributed by atoms with Crippen molar-refractivity contribution in [1.29, 1.82) is 0 Å². The molecular formula is C34H43N3O4S. The molecule has 224 valence electrons. The van der Waals surface area contributed by atoms with Crippen LogP contribution in [0.5, 0.6) is 0 Å². The van der Waals surface area contributed by atoms with E-state index in [9.17, 15) is 18.0 Å². The van der Waals surface area contributed by atoms with Gasteiger partial charge in [-0.1, -0.05) is 80.3 Å². The first-order valence-electron chi connectivity index (χ1n) is 14.9. The van der Waals surface area contributed by atoms with E-state index in [0.29, 0.717) is 12.1 Å². The zero-order valence-electron chi connectivity index (χ0n) is 25.2. The summed E-state index contributed by atoms with van der Waals surface area (Å²) in [5, 5.41) is 3.19. The van der Waals surface area contributed by atoms with E-state index < -0.39 is 28.5 Å². The smallest absolute Gasteiger partial charge is 0.264 e. The van der Waals surface area contributed by atoms with Crippen molar-refractivity contribution in [1.82, 2.24) is 10.2 Å². The minimum Gasteiger partial charge on any atom is -0.352 e. The zero-order valence-corrected chi connectivity index (χ0v) is 26.0. The van der Waals surface area contributed by atoms with Gasteiger partial charge in [-0.15, -0.1) is 0 Å². The highest BCUT2D eigenvalue weighted by molar-refractivity contribution is 7.92. The molecule has 42 heavy (non-hydrogen) atoms. The summed E-state index contributed by atoms with van der Waals surface area (Å²) >= 11 is 0. The fourth-order valence-electron chi connectivity index (χ4n) is 5.48. The molecule has 3 aromatic rings. The topological polar surface area (TPSA) is 86.8 Å². The number of carbonyl (C=O) groups is 2. The van der Waals surface area contributed by atoms with Crippen molar-refractivity contribution in [2.45, 2.75) is 89.7 Å². The van der Waals surface area contributed by atoms with Crippen molar-refractivity contribution < 1.29 is 18.0 Å². The molecule has 1 aliphatic rings. The van der Waals surface area contributed by atoms with E-state index in [-0.39, 0.29) is 23.4 Å². The molecule has 2 amide bonds. The Morgan fingerprint density at radius 3 is 2.17 bits per heavy atom. The number of anilines is 1. The molecule has 1 aliphatic carbocycles. The van der Waals surface area contributed by atoms with Crippen LogP contribution in [-0.2, 0) is 26.2 Å². The molecular weight excluding hydrogens is 546 g/mol. The summed E-state index contributed by atoms with van der Waals surface area (Å²) in [6.07, 6.45) is 5.61. The molecule has 0 radical (unpaired) electrons. The average Bonchev–Trinajstić information content (AvgIpc) is 2.99. The lowest BCUT2D eigenvalue weighted by molar-refractivity contribution is -0.140. The number of aryl methyl sites for hydroxylation is 3. The molecule has 0 unspecified atom stereocenters. The van der Waals surface area contributed by atoms with Gasteiger partial charge in [0, 0.05) is 12.6 Å². The van der Waals surface area contributed by atoms with Gasteiger partial charge in [0.1, 0.15) is 12.6 Å². The monoisotopic (exact) mass is 589 g/mol. The molecule has 8 heteroatoms. The first-order valence-corrected chi connectivity index (χ1v) is 16.3. The van der Waals surface area contributed by atoms with Gasteiger partial charge in [-0.3, -0.25) is 13.9 Å². The Labute approximate surface area is 251 Å². The third kappa shape index (κ3) is 7.59. The third-order valence-corrected chi connectivity index (χ3v) is 9.99. The van der Waals surface area contributed by atoms with E-state index in [1.165, 1.54) is 22.9 Å². The van der Waals surface area contributed by atoms with E-state index in [4.69, 9.17) is 0 Å². The van der Waals surface area contributed by atoms with Gasteiger partial charge in [0.2, 0.25) is 11.8 Å². The number of hydrogen-bond acceptors (Lipinski definition) is 4. The number of sulfonamides is 1. The van der Waals surface area contributed by atoms with Crippen LogP contribution in [0.15, 0.2) is 77.7 Å². The van der Waals surface area contributed by atoms with Crippen molar-refractivity contribution in [3.8, 4) is 0 Å². The fraction of sp³-hybridized carbons (Fsp3) is 0.412. The molecule has 1 fully saturated rings. The summed E-state index contributed by atoms with van der Waals surface area (Å²) in [6, 6.07) is 20.7. The number of nitrogens with zero attached hydrogens (tertiary/aromatic N) is 2. The predicted octanol–water partition coefficient (Wildman–Crippen LogP) is 6.06. The highest BCUT2D eigenvalue weighted by atomic mass is 32.2. The van der Waals surface area contributed by atoms with Gasteiger partial charge >= 0.3 is 0 Å². The van der Waals surface area contributed by atoms with E-state index in [0.717, 1.165) is 47.9 Å². The first kappa shape index (κ1) is 31.3. The third-order valence-electron chi connectivity index (χ3n) is 8.20. The highest BCUT2D eigenvalue weighted by Gasteiger charge is 2.34. The molecule has 0 saturated heterocycles. The second kappa shape index (κ2) is 14.0. The maximum absolute atomic E-state index is 14.3. The van der Waals surface area contributed by atoms with E-state index in [1.54, 1.807) is 35.2 Å². The number of benzene rings is 3. The lowest BCUT2D eigenvalue weighted by Gasteiger charge is -2.34. The van der Waals surface area contributed by atoms with Crippen molar-refractivity contribution in [2.75, 3.05) is 10.8 Å². The Morgan fingerprint density at radius 2 is 1.55 bits per heavy atom. The second-order valence-electron chi connectivity index (χ2n) is 11.4. The molecule has 0 bridgehead atoms. The lowest BCUT2D eigenvalue weighted by atomic mass is 9.95. The molecule has 0 aromatic heterocycles. The van der Waals surface area contributed by atoms with Crippen LogP contribution in [0, 0.1) is 20.8 Å². The van der Waals surface area contributed by atoms with Gasteiger partial charge in [-0.05, 0) is 81.0 Å². The molecule has 3 aromatic carbocycles. The Morgan fingerprint density at radius 1 is 0.881 bits per heavy atom. The van der Waals surface area contributed by atoms with Crippen LogP contribution in [0.4, 0.5) is 5.69 Å². The van der Waals surface area contributed by atoms with Crippen molar-refractivity contribution >= 4 is 27.5 Å². The molecule has 7 nitrogen and oxygen atoms in total. The second-order valence-corrected chi connectivity index (χ2v) is 13.2. The first-order chi connectivity index (χ1) is 20.1. The number of nitrogens with one attached hydrogen (secondary N) is 1. The zero-order chi connectivity index (χ0) is 30.3. The van der Waals surface area contributed by atoms with Crippen LogP contribution in [0.25, 0.3) is 0 Å². The lowest BCUT2D eigenvalue weighted by Crippen LogP contribution is -2.54. The normalized spacial score (nSPS) is 14.7. The molecule has 0 heterocycles. The quantitative estimate of drug-likeness (QED) is 0.294. The summed E-state index contributed by atoms with van der Waals surface area (Å²) in [4.78, 5) is 29.6. The number of rotatable bonds is 11. The molecule has 1 saturated carbocycles. The Hall–Kier alpha value is -3.65. The fourth-order valence-corrected chi connectivity index (χ4v) is 6.91. The van der Waals surface area contributed by atoms with Crippen LogP contribution in [0.3, 0.4) is 0 Å². The van der Waals surface area contributed by atoms with Gasteiger partial charge in [-0.25, -0.2) is 8.42 Å². The SMILES string of the molecule is CC[C@@H](C(=O)NC1CCCCC1)N(Cc1ccc(C)cc1)C(=O)CN(c1ccc(C)c(C)c1)S(=O)(=O)c1ccccc1. The standard InChI is InChI=1S/C34H43N3O4S/c1-5-32(34(39)35-29-12-8-6-9-13-29)36(23-28-19-16-25(2)17-20-28)33(38)24-37(30-21-18-26(3)27(4)22-30)42(40,41)31-14-10-7-11-15-31/h7,10-11,14-22,29,32H,5-6,8-9,12-13,23-24H2,1-4H3,(H,35,39)/t32-/m0/s1. The average molecular weight is 590 g/mol. The van der Waals surface area contributed by atoms with Crippen LogP contribution in [0.1, 0.15) is 67.7 Å². The molecule has 1 atom stereocenters. The van der Waals surface area contributed by atoms with Crippen LogP contribution in [0.2, 0.25) is 0 Å². The molecule has 4 rings (SSSR count). The summed E-state index contributed by atoms with van der Waals surface area (Å²) in [5.74, 6) is -0.618.